The first-order valence-electron chi connectivity index (χ1n) is 5.84. The third kappa shape index (κ3) is 3.38. The van der Waals surface area contributed by atoms with E-state index in [1.54, 1.807) is 6.92 Å². The molecule has 0 aliphatic carbocycles. The first kappa shape index (κ1) is 15.0. The van der Waals surface area contributed by atoms with Gasteiger partial charge in [-0.15, -0.1) is 0 Å². The Labute approximate surface area is 128 Å². The predicted molar refractivity (Wildman–Crippen MR) is 79.0 cm³/mol. The number of ether oxygens (including phenoxy) is 1. The lowest BCUT2D eigenvalue weighted by Crippen LogP contribution is -1.99. The van der Waals surface area contributed by atoms with E-state index in [9.17, 15) is 14.9 Å². The zero-order chi connectivity index (χ0) is 15.6. The van der Waals surface area contributed by atoms with Crippen LogP contribution in [0.25, 0.3) is 0 Å². The average molecular weight is 352 g/mol. The lowest BCUT2D eigenvalue weighted by molar-refractivity contribution is -0.384. The van der Waals surface area contributed by atoms with Gasteiger partial charge in [0.15, 0.2) is 0 Å². The van der Waals surface area contributed by atoms with E-state index < -0.39 is 10.9 Å². The molecule has 0 spiro atoms. The maximum absolute atomic E-state index is 11.0. The van der Waals surface area contributed by atoms with Crippen molar-refractivity contribution in [3.63, 3.8) is 0 Å². The van der Waals surface area contributed by atoms with Gasteiger partial charge in [0.1, 0.15) is 11.5 Å². The first-order chi connectivity index (χ1) is 9.88. The van der Waals surface area contributed by atoms with Gasteiger partial charge < -0.3 is 9.84 Å². The Kier molecular flexibility index (Phi) is 4.23. The molecule has 0 amide bonds. The maximum atomic E-state index is 11.0. The number of benzene rings is 2. The van der Waals surface area contributed by atoms with Gasteiger partial charge in [-0.3, -0.25) is 10.1 Å². The molecule has 7 heteroatoms. The standard InChI is InChI=1S/C14H10BrNO5/c1-8-6-9(14(17)18)7-12(15)13(8)21-11-4-2-10(3-5-11)16(19)20/h2-7H,1H3,(H,17,18). The fraction of sp³-hybridized carbons (Fsp3) is 0.0714. The van der Waals surface area contributed by atoms with E-state index in [4.69, 9.17) is 9.84 Å². The van der Waals surface area contributed by atoms with Crippen molar-refractivity contribution in [3.05, 3.63) is 62.1 Å². The molecule has 0 saturated heterocycles. The van der Waals surface area contributed by atoms with Gasteiger partial charge in [-0.25, -0.2) is 4.79 Å². The van der Waals surface area contributed by atoms with E-state index in [-0.39, 0.29) is 11.3 Å². The number of nitro benzene ring substituents is 1. The molecule has 0 aromatic heterocycles. The van der Waals surface area contributed by atoms with Crippen LogP contribution in [0, 0.1) is 17.0 Å². The highest BCUT2D eigenvalue weighted by atomic mass is 79.9. The second-order valence-electron chi connectivity index (χ2n) is 4.26. The summed E-state index contributed by atoms with van der Waals surface area (Å²) >= 11 is 3.26. The number of aryl methyl sites for hydroxylation is 1. The normalized spacial score (nSPS) is 10.2. The molecule has 2 rings (SSSR count). The fourth-order valence-electron chi connectivity index (χ4n) is 1.74. The molecule has 0 unspecified atom stereocenters. The van der Waals surface area contributed by atoms with Gasteiger partial charge in [0.05, 0.1) is 15.0 Å². The zero-order valence-electron chi connectivity index (χ0n) is 10.9. The van der Waals surface area contributed by atoms with Crippen molar-refractivity contribution in [1.29, 1.82) is 0 Å². The fourth-order valence-corrected chi connectivity index (χ4v) is 2.38. The molecular formula is C14H10BrNO5. The van der Waals surface area contributed by atoms with E-state index in [2.05, 4.69) is 15.9 Å². The number of aromatic carboxylic acids is 1. The van der Waals surface area contributed by atoms with Crippen LogP contribution in [0.2, 0.25) is 0 Å². The summed E-state index contributed by atoms with van der Waals surface area (Å²) in [5, 5.41) is 19.6. The average Bonchev–Trinajstić information content (AvgIpc) is 2.43. The molecule has 21 heavy (non-hydrogen) atoms. The Bertz CT molecular complexity index is 689. The minimum Gasteiger partial charge on any atom is -0.478 e. The largest absolute Gasteiger partial charge is 0.478 e. The van der Waals surface area contributed by atoms with Crippen LogP contribution in [-0.2, 0) is 0 Å². The molecule has 0 fully saturated rings. The number of hydrogen-bond acceptors (Lipinski definition) is 4. The van der Waals surface area contributed by atoms with Gasteiger partial charge in [-0.05, 0) is 52.7 Å². The molecule has 2 aromatic rings. The van der Waals surface area contributed by atoms with Crippen LogP contribution in [0.5, 0.6) is 11.5 Å². The number of carboxylic acids is 1. The summed E-state index contributed by atoms with van der Waals surface area (Å²) in [5.74, 6) is -0.137. The van der Waals surface area contributed by atoms with Gasteiger partial charge in [0.25, 0.3) is 5.69 Å². The van der Waals surface area contributed by atoms with Gasteiger partial charge in [-0.1, -0.05) is 0 Å². The number of hydrogen-bond donors (Lipinski definition) is 1. The molecule has 0 aliphatic heterocycles. The Morgan fingerprint density at radius 3 is 2.38 bits per heavy atom. The molecule has 6 nitrogen and oxygen atoms in total. The maximum Gasteiger partial charge on any atom is 0.335 e. The van der Waals surface area contributed by atoms with Crippen molar-refractivity contribution < 1.29 is 19.6 Å². The number of carboxylic acid groups (broad SMARTS) is 1. The minimum atomic E-state index is -1.03. The second-order valence-corrected chi connectivity index (χ2v) is 5.12. The number of carbonyl (C=O) groups is 1. The highest BCUT2D eigenvalue weighted by Crippen LogP contribution is 2.34. The first-order valence-corrected chi connectivity index (χ1v) is 6.63. The van der Waals surface area contributed by atoms with Gasteiger partial charge >= 0.3 is 5.97 Å². The highest BCUT2D eigenvalue weighted by molar-refractivity contribution is 9.10. The van der Waals surface area contributed by atoms with Crippen molar-refractivity contribution in [2.24, 2.45) is 0 Å². The second kappa shape index (κ2) is 5.92. The summed E-state index contributed by atoms with van der Waals surface area (Å²) in [6, 6.07) is 8.57. The number of halogens is 1. The number of nitrogens with zero attached hydrogens (tertiary/aromatic N) is 1. The van der Waals surface area contributed by atoms with E-state index >= 15 is 0 Å². The summed E-state index contributed by atoms with van der Waals surface area (Å²) in [6.45, 7) is 1.72. The van der Waals surface area contributed by atoms with Gasteiger partial charge in [-0.2, -0.15) is 0 Å². The molecule has 0 bridgehead atoms. The van der Waals surface area contributed by atoms with Crippen LogP contribution < -0.4 is 4.74 Å². The molecule has 0 heterocycles. The summed E-state index contributed by atoms with van der Waals surface area (Å²) < 4.78 is 6.15. The van der Waals surface area contributed by atoms with Crippen molar-refractivity contribution in [1.82, 2.24) is 0 Å². The van der Waals surface area contributed by atoms with Crippen molar-refractivity contribution in [3.8, 4) is 11.5 Å². The quantitative estimate of drug-likeness (QED) is 0.659. The van der Waals surface area contributed by atoms with E-state index in [0.717, 1.165) is 0 Å². The SMILES string of the molecule is Cc1cc(C(=O)O)cc(Br)c1Oc1ccc([N+](=O)[O-])cc1. The van der Waals surface area contributed by atoms with E-state index in [1.807, 2.05) is 0 Å². The van der Waals surface area contributed by atoms with Crippen LogP contribution in [0.3, 0.4) is 0 Å². The summed E-state index contributed by atoms with van der Waals surface area (Å²) in [6.07, 6.45) is 0. The molecule has 0 radical (unpaired) electrons. The Balaban J connectivity index is 2.31. The number of nitro groups is 1. The molecule has 0 atom stereocenters. The zero-order valence-corrected chi connectivity index (χ0v) is 12.5. The summed E-state index contributed by atoms with van der Waals surface area (Å²) in [4.78, 5) is 21.0. The minimum absolute atomic E-state index is 0.0284. The molecule has 0 aliphatic rings. The molecule has 108 valence electrons. The van der Waals surface area contributed by atoms with Crippen LogP contribution in [0.4, 0.5) is 5.69 Å². The molecular weight excluding hydrogens is 342 g/mol. The lowest BCUT2D eigenvalue weighted by Gasteiger charge is -2.11. The summed E-state index contributed by atoms with van der Waals surface area (Å²) in [7, 11) is 0. The monoisotopic (exact) mass is 351 g/mol. The Morgan fingerprint density at radius 1 is 1.29 bits per heavy atom. The lowest BCUT2D eigenvalue weighted by atomic mass is 10.1. The Hall–Kier alpha value is -2.41. The van der Waals surface area contributed by atoms with Crippen molar-refractivity contribution in [2.75, 3.05) is 0 Å². The van der Waals surface area contributed by atoms with Gasteiger partial charge in [0.2, 0.25) is 0 Å². The van der Waals surface area contributed by atoms with E-state index in [0.29, 0.717) is 21.5 Å². The third-order valence-corrected chi connectivity index (χ3v) is 3.33. The molecule has 0 saturated carbocycles. The predicted octanol–water partition coefficient (Wildman–Crippen LogP) is 4.16. The van der Waals surface area contributed by atoms with E-state index in [1.165, 1.54) is 36.4 Å². The Morgan fingerprint density at radius 2 is 1.90 bits per heavy atom. The number of non-ortho nitro benzene ring substituents is 1. The smallest absolute Gasteiger partial charge is 0.335 e. The van der Waals surface area contributed by atoms with Crippen LogP contribution in [0.15, 0.2) is 40.9 Å². The van der Waals surface area contributed by atoms with Crippen molar-refractivity contribution >= 4 is 27.6 Å². The number of rotatable bonds is 4. The summed E-state index contributed by atoms with van der Waals surface area (Å²) in [5.41, 5.74) is 0.759. The highest BCUT2D eigenvalue weighted by Gasteiger charge is 2.13. The van der Waals surface area contributed by atoms with Crippen LogP contribution in [0.1, 0.15) is 15.9 Å². The topological polar surface area (TPSA) is 89.7 Å². The third-order valence-electron chi connectivity index (χ3n) is 2.74. The van der Waals surface area contributed by atoms with Crippen LogP contribution in [-0.4, -0.2) is 16.0 Å². The van der Waals surface area contributed by atoms with Crippen LogP contribution >= 0.6 is 15.9 Å². The van der Waals surface area contributed by atoms with Gasteiger partial charge in [0, 0.05) is 12.1 Å². The van der Waals surface area contributed by atoms with Crippen molar-refractivity contribution in [2.45, 2.75) is 6.92 Å². The molecule has 1 N–H and O–H groups in total. The molecule has 2 aromatic carbocycles.